The van der Waals surface area contributed by atoms with Crippen LogP contribution in [0.15, 0.2) is 18.2 Å². The Morgan fingerprint density at radius 1 is 1.28 bits per heavy atom. The van der Waals surface area contributed by atoms with Gasteiger partial charge < -0.3 is 15.0 Å². The van der Waals surface area contributed by atoms with Crippen molar-refractivity contribution in [3.63, 3.8) is 0 Å². The molecule has 3 nitrogen and oxygen atoms in total. The van der Waals surface area contributed by atoms with E-state index in [0.29, 0.717) is 12.1 Å². The van der Waals surface area contributed by atoms with Gasteiger partial charge in [-0.1, -0.05) is 26.0 Å². The van der Waals surface area contributed by atoms with E-state index < -0.39 is 0 Å². The second-order valence-corrected chi connectivity index (χ2v) is 5.27. The summed E-state index contributed by atoms with van der Waals surface area (Å²) in [6.45, 7) is 7.39. The average molecular weight is 250 g/mol. The van der Waals surface area contributed by atoms with Gasteiger partial charge in [0, 0.05) is 18.6 Å². The minimum Gasteiger partial charge on any atom is -0.496 e. The fourth-order valence-corrected chi connectivity index (χ4v) is 2.05. The molecule has 0 spiro atoms. The van der Waals surface area contributed by atoms with Crippen LogP contribution in [0.1, 0.15) is 31.0 Å². The van der Waals surface area contributed by atoms with Crippen LogP contribution in [0.2, 0.25) is 0 Å². The van der Waals surface area contributed by atoms with Crippen LogP contribution in [-0.4, -0.2) is 38.7 Å². The molecule has 0 heterocycles. The maximum atomic E-state index is 5.31. The van der Waals surface area contributed by atoms with E-state index in [2.05, 4.69) is 63.3 Å². The summed E-state index contributed by atoms with van der Waals surface area (Å²) in [5, 5.41) is 3.50. The molecule has 1 atom stereocenters. The first-order valence-corrected chi connectivity index (χ1v) is 6.50. The fraction of sp³-hybridized carbons (Fsp3) is 0.600. The smallest absolute Gasteiger partial charge is 0.121 e. The second-order valence-electron chi connectivity index (χ2n) is 5.27. The monoisotopic (exact) mass is 250 g/mol. The highest BCUT2D eigenvalue weighted by Gasteiger charge is 2.15. The predicted octanol–water partition coefficient (Wildman–Crippen LogP) is 2.60. The molecule has 0 aromatic heterocycles. The van der Waals surface area contributed by atoms with Crippen molar-refractivity contribution in [2.24, 2.45) is 0 Å². The number of methoxy groups -OCH3 is 1. The third kappa shape index (κ3) is 4.00. The van der Waals surface area contributed by atoms with E-state index in [9.17, 15) is 0 Å². The van der Waals surface area contributed by atoms with Crippen molar-refractivity contribution < 1.29 is 4.74 Å². The number of rotatable bonds is 6. The first-order valence-electron chi connectivity index (χ1n) is 6.50. The molecule has 0 radical (unpaired) electrons. The molecule has 18 heavy (non-hydrogen) atoms. The highest BCUT2D eigenvalue weighted by atomic mass is 16.5. The van der Waals surface area contributed by atoms with Gasteiger partial charge >= 0.3 is 0 Å². The van der Waals surface area contributed by atoms with Crippen LogP contribution in [0.4, 0.5) is 0 Å². The normalized spacial score (nSPS) is 13.1. The molecule has 0 fully saturated rings. The van der Waals surface area contributed by atoms with E-state index in [1.807, 2.05) is 0 Å². The molecule has 0 aliphatic carbocycles. The minimum absolute atomic E-state index is 0.386. The van der Waals surface area contributed by atoms with E-state index in [4.69, 9.17) is 4.74 Å². The van der Waals surface area contributed by atoms with E-state index in [0.717, 1.165) is 12.3 Å². The van der Waals surface area contributed by atoms with E-state index in [-0.39, 0.29) is 0 Å². The summed E-state index contributed by atoms with van der Waals surface area (Å²) in [5.74, 6) is 0.952. The van der Waals surface area contributed by atoms with Crippen molar-refractivity contribution in [3.05, 3.63) is 29.3 Å². The lowest BCUT2D eigenvalue weighted by Crippen LogP contribution is -2.34. The number of nitrogens with one attached hydrogen (secondary N) is 1. The third-order valence-corrected chi connectivity index (χ3v) is 3.15. The predicted molar refractivity (Wildman–Crippen MR) is 77.3 cm³/mol. The Kier molecular flexibility index (Phi) is 5.63. The maximum absolute atomic E-state index is 5.31. The number of aryl methyl sites for hydroxylation is 1. The van der Waals surface area contributed by atoms with Gasteiger partial charge in [-0.2, -0.15) is 0 Å². The molecule has 0 aliphatic heterocycles. The first-order chi connectivity index (χ1) is 8.45. The van der Waals surface area contributed by atoms with Crippen molar-refractivity contribution in [2.75, 3.05) is 27.7 Å². The molecule has 0 saturated heterocycles. The number of hydrogen-bond acceptors (Lipinski definition) is 3. The number of nitrogens with zero attached hydrogens (tertiary/aromatic N) is 1. The Hall–Kier alpha value is -1.06. The zero-order valence-corrected chi connectivity index (χ0v) is 12.4. The van der Waals surface area contributed by atoms with Crippen LogP contribution < -0.4 is 10.1 Å². The summed E-state index contributed by atoms with van der Waals surface area (Å²) in [5.41, 5.74) is 2.51. The molecule has 0 saturated carbocycles. The summed E-state index contributed by atoms with van der Waals surface area (Å²) < 4.78 is 5.31. The Balaban J connectivity index is 2.88. The van der Waals surface area contributed by atoms with Gasteiger partial charge in [0.1, 0.15) is 5.75 Å². The van der Waals surface area contributed by atoms with Gasteiger partial charge in [-0.3, -0.25) is 0 Å². The SMILES string of the molecule is COc1ccc(C(CNC(C)C)N(C)C)cc1C. The van der Waals surface area contributed by atoms with Crippen molar-refractivity contribution in [3.8, 4) is 5.75 Å². The van der Waals surface area contributed by atoms with Gasteiger partial charge in [0.15, 0.2) is 0 Å². The lowest BCUT2D eigenvalue weighted by molar-refractivity contribution is 0.283. The van der Waals surface area contributed by atoms with E-state index >= 15 is 0 Å². The maximum Gasteiger partial charge on any atom is 0.121 e. The van der Waals surface area contributed by atoms with Crippen LogP contribution >= 0.6 is 0 Å². The summed E-state index contributed by atoms with van der Waals surface area (Å²) in [4.78, 5) is 2.25. The van der Waals surface area contributed by atoms with Crippen LogP contribution in [0.5, 0.6) is 5.75 Å². The third-order valence-electron chi connectivity index (χ3n) is 3.15. The quantitative estimate of drug-likeness (QED) is 0.840. The van der Waals surface area contributed by atoms with Crippen molar-refractivity contribution >= 4 is 0 Å². The van der Waals surface area contributed by atoms with Crippen LogP contribution in [0.25, 0.3) is 0 Å². The molecule has 0 aliphatic rings. The lowest BCUT2D eigenvalue weighted by Gasteiger charge is -2.26. The Bertz CT molecular complexity index is 375. The number of benzene rings is 1. The molecule has 1 aromatic carbocycles. The van der Waals surface area contributed by atoms with Gasteiger partial charge in [0.2, 0.25) is 0 Å². The molecule has 102 valence electrons. The van der Waals surface area contributed by atoms with Crippen molar-refractivity contribution in [1.29, 1.82) is 0 Å². The van der Waals surface area contributed by atoms with Gasteiger partial charge in [0.05, 0.1) is 7.11 Å². The molecule has 1 unspecified atom stereocenters. The summed E-state index contributed by atoms with van der Waals surface area (Å²) >= 11 is 0. The van der Waals surface area contributed by atoms with Gasteiger partial charge in [-0.25, -0.2) is 0 Å². The summed E-state index contributed by atoms with van der Waals surface area (Å²) in [6, 6.07) is 7.31. The van der Waals surface area contributed by atoms with Gasteiger partial charge in [0.25, 0.3) is 0 Å². The van der Waals surface area contributed by atoms with Gasteiger partial charge in [-0.15, -0.1) is 0 Å². The average Bonchev–Trinajstić information content (AvgIpc) is 2.28. The molecule has 3 heteroatoms. The topological polar surface area (TPSA) is 24.5 Å². The van der Waals surface area contributed by atoms with Crippen LogP contribution in [-0.2, 0) is 0 Å². The Labute approximate surface area is 111 Å². The second kappa shape index (κ2) is 6.76. The molecular formula is C15H26N2O. The van der Waals surface area contributed by atoms with Crippen LogP contribution in [0.3, 0.4) is 0 Å². The number of ether oxygens (including phenoxy) is 1. The Morgan fingerprint density at radius 2 is 1.94 bits per heavy atom. The molecule has 1 rings (SSSR count). The largest absolute Gasteiger partial charge is 0.496 e. The highest BCUT2D eigenvalue weighted by Crippen LogP contribution is 2.24. The van der Waals surface area contributed by atoms with Crippen LogP contribution in [0, 0.1) is 6.92 Å². The summed E-state index contributed by atoms with van der Waals surface area (Å²) in [6.07, 6.45) is 0. The van der Waals surface area contributed by atoms with E-state index in [1.54, 1.807) is 7.11 Å². The zero-order chi connectivity index (χ0) is 13.7. The molecule has 0 bridgehead atoms. The lowest BCUT2D eigenvalue weighted by atomic mass is 10.0. The Morgan fingerprint density at radius 3 is 2.39 bits per heavy atom. The molecule has 1 N–H and O–H groups in total. The first kappa shape index (κ1) is 15.0. The zero-order valence-electron chi connectivity index (χ0n) is 12.4. The standard InChI is InChI=1S/C15H26N2O/c1-11(2)16-10-14(17(4)5)13-7-8-15(18-6)12(3)9-13/h7-9,11,14,16H,10H2,1-6H3. The molecule has 1 aromatic rings. The fourth-order valence-electron chi connectivity index (χ4n) is 2.05. The number of likely N-dealkylation sites (N-methyl/N-ethyl adjacent to an activating group) is 1. The molecule has 0 amide bonds. The van der Waals surface area contributed by atoms with Crippen molar-refractivity contribution in [2.45, 2.75) is 32.9 Å². The molecular weight excluding hydrogens is 224 g/mol. The van der Waals surface area contributed by atoms with E-state index in [1.165, 1.54) is 11.1 Å². The minimum atomic E-state index is 0.386. The van der Waals surface area contributed by atoms with Crippen molar-refractivity contribution in [1.82, 2.24) is 10.2 Å². The highest BCUT2D eigenvalue weighted by molar-refractivity contribution is 5.37. The van der Waals surface area contributed by atoms with Gasteiger partial charge in [-0.05, 0) is 38.2 Å². The summed E-state index contributed by atoms with van der Waals surface area (Å²) in [7, 11) is 5.95. The number of hydrogen-bond donors (Lipinski definition) is 1.